The summed E-state index contributed by atoms with van der Waals surface area (Å²) in [6, 6.07) is 19.2. The van der Waals surface area contributed by atoms with Crippen molar-refractivity contribution in [3.8, 4) is 17.9 Å². The summed E-state index contributed by atoms with van der Waals surface area (Å²) in [5.41, 5.74) is 10.2. The molecule has 0 bridgehead atoms. The number of nitriles is 2. The van der Waals surface area contributed by atoms with Crippen LogP contribution >= 0.6 is 0 Å². The molecule has 0 spiro atoms. The van der Waals surface area contributed by atoms with E-state index in [1.165, 1.54) is 0 Å². The number of carbonyl (C=O) groups is 1. The van der Waals surface area contributed by atoms with E-state index >= 15 is 0 Å². The summed E-state index contributed by atoms with van der Waals surface area (Å²) < 4.78 is 11.5. The first-order chi connectivity index (χ1) is 17.3. The Bertz CT molecular complexity index is 1330. The van der Waals surface area contributed by atoms with Crippen molar-refractivity contribution in [2.45, 2.75) is 39.2 Å². The number of rotatable bonds is 7. The van der Waals surface area contributed by atoms with Crippen LogP contribution in [0.1, 0.15) is 49.3 Å². The lowest BCUT2D eigenvalue weighted by atomic mass is 9.68. The number of carbonyl (C=O) groups excluding carboxylic acids is 1. The molecular weight excluding hydrogens is 452 g/mol. The molecule has 7 heteroatoms. The van der Waals surface area contributed by atoms with Gasteiger partial charge >= 0.3 is 0 Å². The molecule has 1 atom stereocenters. The molecule has 0 aromatic heterocycles. The standard InChI is InChI=1S/C29H30N4O3/c1-29(2)14-23-27(24(34)15-29)26(22(17-31)28(32)33(23)12-13-35-3)21-10-6-7-11-25(21)36-18-20-9-5-4-8-19(20)16-30/h4-11,26H,12-15,18,32H2,1-3H3/t26-/m1/s1. The number of allylic oxidation sites excluding steroid dienone is 3. The van der Waals surface area contributed by atoms with Gasteiger partial charge in [-0.2, -0.15) is 10.5 Å². The Morgan fingerprint density at radius 2 is 1.81 bits per heavy atom. The van der Waals surface area contributed by atoms with Gasteiger partial charge in [0, 0.05) is 42.5 Å². The van der Waals surface area contributed by atoms with Crippen LogP contribution < -0.4 is 10.5 Å². The fourth-order valence-corrected chi connectivity index (χ4v) is 5.09. The van der Waals surface area contributed by atoms with Crippen LogP contribution in [0.3, 0.4) is 0 Å². The Balaban J connectivity index is 1.82. The average molecular weight is 483 g/mol. The maximum atomic E-state index is 13.6. The van der Waals surface area contributed by atoms with Crippen LogP contribution in [0, 0.1) is 28.1 Å². The van der Waals surface area contributed by atoms with Gasteiger partial charge in [-0.1, -0.05) is 50.2 Å². The Labute approximate surface area is 212 Å². The minimum absolute atomic E-state index is 0.0125. The fourth-order valence-electron chi connectivity index (χ4n) is 5.09. The van der Waals surface area contributed by atoms with E-state index in [0.717, 1.165) is 11.3 Å². The largest absolute Gasteiger partial charge is 0.489 e. The number of methoxy groups -OCH3 is 1. The molecule has 1 heterocycles. The molecule has 0 radical (unpaired) electrons. The van der Waals surface area contributed by atoms with Crippen molar-refractivity contribution in [1.29, 1.82) is 10.5 Å². The van der Waals surface area contributed by atoms with Crippen molar-refractivity contribution in [1.82, 2.24) is 4.90 Å². The monoisotopic (exact) mass is 482 g/mol. The van der Waals surface area contributed by atoms with E-state index < -0.39 is 5.92 Å². The third kappa shape index (κ3) is 4.71. The molecule has 36 heavy (non-hydrogen) atoms. The van der Waals surface area contributed by atoms with Gasteiger partial charge in [-0.15, -0.1) is 0 Å². The maximum Gasteiger partial charge on any atom is 0.162 e. The zero-order chi connectivity index (χ0) is 25.9. The Morgan fingerprint density at radius 1 is 1.08 bits per heavy atom. The smallest absolute Gasteiger partial charge is 0.162 e. The first-order valence-electron chi connectivity index (χ1n) is 11.9. The van der Waals surface area contributed by atoms with Crippen LogP contribution in [0.15, 0.2) is 71.2 Å². The second-order valence-corrected chi connectivity index (χ2v) is 9.88. The number of nitrogens with zero attached hydrogens (tertiary/aromatic N) is 3. The van der Waals surface area contributed by atoms with Crippen LogP contribution in [0.4, 0.5) is 0 Å². The molecule has 0 amide bonds. The number of Topliss-reactive ketones (excluding diaryl/α,β-unsaturated/α-hetero) is 1. The Hall–Kier alpha value is -4.07. The number of hydrogen-bond donors (Lipinski definition) is 1. The van der Waals surface area contributed by atoms with Gasteiger partial charge in [0.05, 0.1) is 35.8 Å². The molecule has 1 aliphatic carbocycles. The van der Waals surface area contributed by atoms with E-state index in [1.807, 2.05) is 47.4 Å². The van der Waals surface area contributed by atoms with Crippen LogP contribution in [0.2, 0.25) is 0 Å². The van der Waals surface area contributed by atoms with Crippen LogP contribution in [0.5, 0.6) is 5.75 Å². The lowest BCUT2D eigenvalue weighted by Crippen LogP contribution is -2.43. The van der Waals surface area contributed by atoms with Gasteiger partial charge < -0.3 is 20.1 Å². The fraction of sp³-hybridized carbons (Fsp3) is 0.345. The third-order valence-electron chi connectivity index (χ3n) is 6.76. The van der Waals surface area contributed by atoms with Gasteiger partial charge in [0.15, 0.2) is 5.78 Å². The van der Waals surface area contributed by atoms with Gasteiger partial charge in [0.2, 0.25) is 0 Å². The van der Waals surface area contributed by atoms with Crippen molar-refractivity contribution in [2.75, 3.05) is 20.3 Å². The van der Waals surface area contributed by atoms with E-state index in [-0.39, 0.29) is 17.8 Å². The summed E-state index contributed by atoms with van der Waals surface area (Å²) in [4.78, 5) is 15.5. The highest BCUT2D eigenvalue weighted by atomic mass is 16.5. The van der Waals surface area contributed by atoms with Gasteiger partial charge in [0.25, 0.3) is 0 Å². The van der Waals surface area contributed by atoms with Gasteiger partial charge in [0.1, 0.15) is 18.2 Å². The van der Waals surface area contributed by atoms with Crippen LogP contribution in [0.25, 0.3) is 0 Å². The molecule has 1 aliphatic heterocycles. The molecule has 0 saturated heterocycles. The Morgan fingerprint density at radius 3 is 2.53 bits per heavy atom. The number of hydrogen-bond acceptors (Lipinski definition) is 7. The number of ketones is 1. The molecule has 2 N–H and O–H groups in total. The van der Waals surface area contributed by atoms with Gasteiger partial charge in [-0.05, 0) is 24.0 Å². The highest BCUT2D eigenvalue weighted by Crippen LogP contribution is 2.50. The third-order valence-corrected chi connectivity index (χ3v) is 6.76. The predicted octanol–water partition coefficient (Wildman–Crippen LogP) is 4.52. The summed E-state index contributed by atoms with van der Waals surface area (Å²) in [6.45, 7) is 5.18. The van der Waals surface area contributed by atoms with Crippen molar-refractivity contribution in [2.24, 2.45) is 11.1 Å². The lowest BCUT2D eigenvalue weighted by Gasteiger charge is -2.44. The molecule has 2 aromatic rings. The number of para-hydroxylation sites is 1. The average Bonchev–Trinajstić information content (AvgIpc) is 2.86. The first-order valence-corrected chi connectivity index (χ1v) is 11.9. The highest BCUT2D eigenvalue weighted by molar-refractivity contribution is 6.00. The second kappa shape index (κ2) is 10.3. The summed E-state index contributed by atoms with van der Waals surface area (Å²) in [5, 5.41) is 19.7. The minimum atomic E-state index is -0.630. The predicted molar refractivity (Wildman–Crippen MR) is 135 cm³/mol. The van der Waals surface area contributed by atoms with E-state index in [2.05, 4.69) is 26.0 Å². The lowest BCUT2D eigenvalue weighted by molar-refractivity contribution is -0.118. The van der Waals surface area contributed by atoms with E-state index in [9.17, 15) is 15.3 Å². The molecule has 2 aromatic carbocycles. The number of benzene rings is 2. The van der Waals surface area contributed by atoms with Crippen molar-refractivity contribution in [3.05, 3.63) is 87.9 Å². The highest BCUT2D eigenvalue weighted by Gasteiger charge is 2.44. The van der Waals surface area contributed by atoms with E-state index in [1.54, 1.807) is 13.2 Å². The zero-order valence-corrected chi connectivity index (χ0v) is 20.9. The summed E-state index contributed by atoms with van der Waals surface area (Å²) in [6.07, 6.45) is 1.05. The molecule has 0 saturated carbocycles. The zero-order valence-electron chi connectivity index (χ0n) is 20.9. The van der Waals surface area contributed by atoms with E-state index in [4.69, 9.17) is 15.2 Å². The number of nitrogens with two attached hydrogens (primary N) is 1. The molecular formula is C29H30N4O3. The normalized spacial score (nSPS) is 19.0. The minimum Gasteiger partial charge on any atom is -0.489 e. The molecule has 0 unspecified atom stereocenters. The van der Waals surface area contributed by atoms with Crippen molar-refractivity contribution in [3.63, 3.8) is 0 Å². The van der Waals surface area contributed by atoms with Crippen LogP contribution in [-0.2, 0) is 16.1 Å². The van der Waals surface area contributed by atoms with Gasteiger partial charge in [-0.25, -0.2) is 0 Å². The first kappa shape index (κ1) is 25.0. The summed E-state index contributed by atoms with van der Waals surface area (Å²) in [5.74, 6) is 0.271. The van der Waals surface area contributed by atoms with Crippen molar-refractivity contribution >= 4 is 5.78 Å². The number of ether oxygens (including phenoxy) is 2. The van der Waals surface area contributed by atoms with Crippen molar-refractivity contribution < 1.29 is 14.3 Å². The van der Waals surface area contributed by atoms with E-state index in [0.29, 0.717) is 59.8 Å². The second-order valence-electron chi connectivity index (χ2n) is 9.88. The maximum absolute atomic E-state index is 13.6. The molecule has 2 aliphatic rings. The Kier molecular flexibility index (Phi) is 7.15. The molecule has 7 nitrogen and oxygen atoms in total. The summed E-state index contributed by atoms with van der Waals surface area (Å²) in [7, 11) is 1.61. The molecule has 184 valence electrons. The quantitative estimate of drug-likeness (QED) is 0.617. The van der Waals surface area contributed by atoms with Crippen LogP contribution in [-0.4, -0.2) is 30.9 Å². The topological polar surface area (TPSA) is 112 Å². The molecule has 4 rings (SSSR count). The summed E-state index contributed by atoms with van der Waals surface area (Å²) >= 11 is 0. The molecule has 0 fully saturated rings. The van der Waals surface area contributed by atoms with Gasteiger partial charge in [-0.3, -0.25) is 4.79 Å². The SMILES string of the molecule is COCCN1C(N)=C(C#N)[C@@H](c2ccccc2OCc2ccccc2C#N)C2=C1CC(C)(C)CC2=O.